The van der Waals surface area contributed by atoms with E-state index >= 15 is 0 Å². The van der Waals surface area contributed by atoms with E-state index in [1.165, 1.54) is 49.0 Å². The van der Waals surface area contributed by atoms with Crippen LogP contribution in [0.2, 0.25) is 10.0 Å². The molecule has 1 heterocycles. The second kappa shape index (κ2) is 8.47. The molecule has 1 aliphatic heterocycles. The van der Waals surface area contributed by atoms with Crippen LogP contribution in [-0.2, 0) is 4.79 Å². The van der Waals surface area contributed by atoms with Gasteiger partial charge in [0.1, 0.15) is 12.4 Å². The Kier molecular flexibility index (Phi) is 7.29. The number of carboxylic acid groups (broad SMARTS) is 1. The van der Waals surface area contributed by atoms with Crippen molar-refractivity contribution in [1.82, 2.24) is 0 Å². The quantitative estimate of drug-likeness (QED) is 0.798. The van der Waals surface area contributed by atoms with Crippen molar-refractivity contribution in [3.63, 3.8) is 0 Å². The molecule has 21 heavy (non-hydrogen) atoms. The van der Waals surface area contributed by atoms with Gasteiger partial charge in [0.15, 0.2) is 0 Å². The zero-order valence-corrected chi connectivity index (χ0v) is 13.9. The lowest BCUT2D eigenvalue weighted by Gasteiger charge is -2.33. The molecule has 0 unspecified atom stereocenters. The van der Waals surface area contributed by atoms with Gasteiger partial charge in [-0.1, -0.05) is 23.2 Å². The molecule has 1 fully saturated rings. The van der Waals surface area contributed by atoms with E-state index in [9.17, 15) is 9.90 Å². The molecule has 1 aromatic carbocycles. The maximum atomic E-state index is 10.0. The Labute approximate surface area is 135 Å². The predicted octanol–water partition coefficient (Wildman–Crippen LogP) is 2.37. The van der Waals surface area contributed by atoms with E-state index < -0.39 is 12.6 Å². The van der Waals surface area contributed by atoms with Crippen LogP contribution in [0, 0.1) is 0 Å². The van der Waals surface area contributed by atoms with Crippen molar-refractivity contribution < 1.29 is 19.1 Å². The van der Waals surface area contributed by atoms with Crippen LogP contribution in [-0.4, -0.2) is 44.2 Å². The minimum atomic E-state index is -1.30. The van der Waals surface area contributed by atoms with E-state index in [2.05, 4.69) is 14.1 Å². The summed E-state index contributed by atoms with van der Waals surface area (Å²) in [6, 6.07) is 4.51. The van der Waals surface area contributed by atoms with Gasteiger partial charge in [-0.15, -0.1) is 0 Å². The summed E-state index contributed by atoms with van der Waals surface area (Å²) in [6.45, 7) is 2.25. The maximum absolute atomic E-state index is 10.0. The standard InChI is InChI=1S/C8H6Cl2O3.C7H16N/c9-5-1-2-7(6(10)3-5)13-4-8(11)12;1-8(2)6-4-3-5-7-8/h1-3H,4H2,(H,11,12);3-7H2,1-2H3/q;+1/p-1. The fourth-order valence-corrected chi connectivity index (χ4v) is 2.56. The average Bonchev–Trinajstić information content (AvgIpc) is 2.38. The third-order valence-corrected chi connectivity index (χ3v) is 3.80. The third kappa shape index (κ3) is 7.55. The fourth-order valence-electron chi connectivity index (χ4n) is 2.10. The summed E-state index contributed by atoms with van der Waals surface area (Å²) in [4.78, 5) is 10.0. The van der Waals surface area contributed by atoms with Gasteiger partial charge in [0.25, 0.3) is 0 Å². The van der Waals surface area contributed by atoms with E-state index in [4.69, 9.17) is 27.9 Å². The second-order valence-electron chi connectivity index (χ2n) is 5.68. The number of nitrogens with zero attached hydrogens (tertiary/aromatic N) is 1. The summed E-state index contributed by atoms with van der Waals surface area (Å²) in [6.07, 6.45) is 4.34. The van der Waals surface area contributed by atoms with Crippen molar-refractivity contribution in [1.29, 1.82) is 0 Å². The Morgan fingerprint density at radius 1 is 1.24 bits per heavy atom. The molecular weight excluding hydrogens is 313 g/mol. The number of halogens is 2. The average molecular weight is 334 g/mol. The van der Waals surface area contributed by atoms with Gasteiger partial charge in [-0.05, 0) is 37.5 Å². The van der Waals surface area contributed by atoms with Crippen molar-refractivity contribution in [2.24, 2.45) is 0 Å². The summed E-state index contributed by atoms with van der Waals surface area (Å²) in [5.74, 6) is -1.03. The molecule has 1 aromatic rings. The highest BCUT2D eigenvalue weighted by molar-refractivity contribution is 6.35. The SMILES string of the molecule is C[N+]1(C)CCCCC1.O=C([O-])COc1ccc(Cl)cc1Cl. The Morgan fingerprint density at radius 2 is 1.86 bits per heavy atom. The molecule has 1 saturated heterocycles. The number of carbonyl (C=O) groups excluding carboxylic acids is 1. The molecule has 0 aromatic heterocycles. The zero-order chi connectivity index (χ0) is 15.9. The smallest absolute Gasteiger partial charge is 0.138 e. The molecule has 0 atom stereocenters. The lowest BCUT2D eigenvalue weighted by Crippen LogP contribution is -2.43. The molecular formula is C15H21Cl2NO3. The van der Waals surface area contributed by atoms with Gasteiger partial charge in [0, 0.05) is 5.02 Å². The van der Waals surface area contributed by atoms with Crippen molar-refractivity contribution in [2.75, 3.05) is 33.8 Å². The van der Waals surface area contributed by atoms with Gasteiger partial charge < -0.3 is 19.1 Å². The summed E-state index contributed by atoms with van der Waals surface area (Å²) in [5, 5.41) is 10.8. The molecule has 1 aliphatic rings. The normalized spacial score (nSPS) is 16.6. The Balaban J connectivity index is 0.000000235. The molecule has 6 heteroatoms. The summed E-state index contributed by atoms with van der Waals surface area (Å²) >= 11 is 11.3. The monoisotopic (exact) mass is 333 g/mol. The number of benzene rings is 1. The van der Waals surface area contributed by atoms with Crippen LogP contribution in [0.5, 0.6) is 5.75 Å². The summed E-state index contributed by atoms with van der Waals surface area (Å²) < 4.78 is 6.05. The van der Waals surface area contributed by atoms with Crippen LogP contribution >= 0.6 is 23.2 Å². The number of carboxylic acids is 1. The minimum Gasteiger partial charge on any atom is -0.546 e. The van der Waals surface area contributed by atoms with E-state index in [0.29, 0.717) is 5.02 Å². The van der Waals surface area contributed by atoms with Crippen LogP contribution in [0.3, 0.4) is 0 Å². The number of ether oxygens (including phenoxy) is 1. The first-order chi connectivity index (χ1) is 9.80. The van der Waals surface area contributed by atoms with Gasteiger partial charge in [-0.2, -0.15) is 0 Å². The largest absolute Gasteiger partial charge is 0.546 e. The number of aliphatic carboxylic acids is 1. The van der Waals surface area contributed by atoms with E-state index in [0.717, 1.165) is 0 Å². The molecule has 0 N–H and O–H groups in total. The third-order valence-electron chi connectivity index (χ3n) is 3.27. The first-order valence-electron chi connectivity index (χ1n) is 6.90. The van der Waals surface area contributed by atoms with Crippen LogP contribution in [0.25, 0.3) is 0 Å². The van der Waals surface area contributed by atoms with Crippen molar-refractivity contribution in [3.05, 3.63) is 28.2 Å². The first kappa shape index (κ1) is 18.1. The highest BCUT2D eigenvalue weighted by atomic mass is 35.5. The molecule has 0 spiro atoms. The molecule has 0 amide bonds. The number of carbonyl (C=O) groups is 1. The van der Waals surface area contributed by atoms with Gasteiger partial charge >= 0.3 is 0 Å². The van der Waals surface area contributed by atoms with E-state index in [-0.39, 0.29) is 10.8 Å². The minimum absolute atomic E-state index is 0.272. The van der Waals surface area contributed by atoms with Crippen LogP contribution in [0.1, 0.15) is 19.3 Å². The topological polar surface area (TPSA) is 49.4 Å². The number of hydrogen-bond acceptors (Lipinski definition) is 3. The highest BCUT2D eigenvalue weighted by Crippen LogP contribution is 2.27. The zero-order valence-electron chi connectivity index (χ0n) is 12.4. The summed E-state index contributed by atoms with van der Waals surface area (Å²) in [7, 11) is 4.64. The second-order valence-corrected chi connectivity index (χ2v) is 6.52. The molecule has 118 valence electrons. The van der Waals surface area contributed by atoms with Crippen molar-refractivity contribution in [2.45, 2.75) is 19.3 Å². The van der Waals surface area contributed by atoms with E-state index in [1.807, 2.05) is 0 Å². The fraction of sp³-hybridized carbons (Fsp3) is 0.533. The summed E-state index contributed by atoms with van der Waals surface area (Å²) in [5.41, 5.74) is 0. The number of rotatable bonds is 3. The first-order valence-corrected chi connectivity index (χ1v) is 7.65. The van der Waals surface area contributed by atoms with Gasteiger partial charge in [-0.25, -0.2) is 0 Å². The van der Waals surface area contributed by atoms with Gasteiger partial charge in [-0.3, -0.25) is 0 Å². The van der Waals surface area contributed by atoms with E-state index in [1.54, 1.807) is 6.07 Å². The highest BCUT2D eigenvalue weighted by Gasteiger charge is 2.17. The lowest BCUT2D eigenvalue weighted by atomic mass is 10.1. The molecule has 0 saturated carbocycles. The van der Waals surface area contributed by atoms with Crippen LogP contribution < -0.4 is 9.84 Å². The molecule has 0 aliphatic carbocycles. The van der Waals surface area contributed by atoms with Gasteiger partial charge in [0.05, 0.1) is 38.2 Å². The van der Waals surface area contributed by atoms with Crippen LogP contribution in [0.4, 0.5) is 0 Å². The number of hydrogen-bond donors (Lipinski definition) is 0. The number of quaternary nitrogens is 1. The number of likely N-dealkylation sites (tertiary alicyclic amines) is 1. The maximum Gasteiger partial charge on any atom is 0.138 e. The Hall–Kier alpha value is -0.970. The van der Waals surface area contributed by atoms with Gasteiger partial charge in [0.2, 0.25) is 0 Å². The molecule has 0 bridgehead atoms. The Bertz CT molecular complexity index is 470. The molecule has 2 rings (SSSR count). The van der Waals surface area contributed by atoms with Crippen molar-refractivity contribution in [3.8, 4) is 5.75 Å². The van der Waals surface area contributed by atoms with Crippen molar-refractivity contribution >= 4 is 29.2 Å². The predicted molar refractivity (Wildman–Crippen MR) is 82.7 cm³/mol. The molecule has 0 radical (unpaired) electrons. The number of piperidine rings is 1. The van der Waals surface area contributed by atoms with Crippen LogP contribution in [0.15, 0.2) is 18.2 Å². The Morgan fingerprint density at radius 3 is 2.29 bits per heavy atom. The lowest BCUT2D eigenvalue weighted by molar-refractivity contribution is -0.894. The molecule has 4 nitrogen and oxygen atoms in total.